The molecule has 2 rings (SSSR count). The fourth-order valence-electron chi connectivity index (χ4n) is 3.71. The number of nitrogens with zero attached hydrogens (tertiary/aromatic N) is 2. The lowest BCUT2D eigenvalue weighted by Crippen LogP contribution is -2.47. The van der Waals surface area contributed by atoms with E-state index in [0.717, 1.165) is 5.56 Å². The van der Waals surface area contributed by atoms with Crippen LogP contribution in [0.1, 0.15) is 37.3 Å². The molecule has 0 aliphatic carbocycles. The van der Waals surface area contributed by atoms with Crippen LogP contribution in [-0.4, -0.2) is 75.8 Å². The fraction of sp³-hybridized carbons (Fsp3) is 0.591. The highest BCUT2D eigenvalue weighted by Crippen LogP contribution is 2.18. The van der Waals surface area contributed by atoms with Crippen molar-refractivity contribution in [3.8, 4) is 0 Å². The number of nitrogens with one attached hydrogen (secondary N) is 1. The number of sulfonamides is 1. The van der Waals surface area contributed by atoms with Crippen molar-refractivity contribution in [3.05, 3.63) is 29.3 Å². The number of ether oxygens (including phenoxy) is 1. The van der Waals surface area contributed by atoms with Crippen molar-refractivity contribution in [2.75, 3.05) is 39.8 Å². The first-order chi connectivity index (χ1) is 15.0. The molecule has 178 valence electrons. The molecule has 1 unspecified atom stereocenters. The highest BCUT2D eigenvalue weighted by Gasteiger charge is 2.30. The lowest BCUT2D eigenvalue weighted by molar-refractivity contribution is -0.152. The second-order valence-corrected chi connectivity index (χ2v) is 9.83. The molecule has 10 heteroatoms. The summed E-state index contributed by atoms with van der Waals surface area (Å²) in [6, 6.07) is 5.05. The van der Waals surface area contributed by atoms with E-state index in [1.165, 1.54) is 11.9 Å². The van der Waals surface area contributed by atoms with Crippen LogP contribution < -0.4 is 4.72 Å². The molecule has 1 N–H and O–H groups in total. The summed E-state index contributed by atoms with van der Waals surface area (Å²) in [6.07, 6.45) is 1.31. The van der Waals surface area contributed by atoms with Gasteiger partial charge in [-0.2, -0.15) is 0 Å². The maximum absolute atomic E-state index is 12.6. The van der Waals surface area contributed by atoms with Gasteiger partial charge < -0.3 is 14.5 Å². The Balaban J connectivity index is 1.83. The number of piperidine rings is 1. The second kappa shape index (κ2) is 11.4. The molecule has 0 saturated carbocycles. The number of likely N-dealkylation sites (tertiary alicyclic amines) is 1. The fourth-order valence-corrected chi connectivity index (χ4v) is 4.97. The third kappa shape index (κ3) is 7.03. The highest BCUT2D eigenvalue weighted by atomic mass is 32.2. The van der Waals surface area contributed by atoms with Gasteiger partial charge in [0.25, 0.3) is 0 Å². The molecule has 0 radical (unpaired) electrons. The molecule has 1 fully saturated rings. The van der Waals surface area contributed by atoms with Crippen molar-refractivity contribution in [3.63, 3.8) is 0 Å². The zero-order valence-corrected chi connectivity index (χ0v) is 20.0. The molecule has 9 nitrogen and oxygen atoms in total. The van der Waals surface area contributed by atoms with Gasteiger partial charge in [0.15, 0.2) is 0 Å². The third-order valence-electron chi connectivity index (χ3n) is 5.44. The van der Waals surface area contributed by atoms with Gasteiger partial charge in [0, 0.05) is 33.1 Å². The number of carbonyl (C=O) groups excluding carboxylic acids is 3. The quantitative estimate of drug-likeness (QED) is 0.547. The minimum Gasteiger partial charge on any atom is -0.466 e. The van der Waals surface area contributed by atoms with Crippen LogP contribution in [0.5, 0.6) is 0 Å². The molecule has 0 aromatic heterocycles. The van der Waals surface area contributed by atoms with Crippen molar-refractivity contribution in [2.45, 2.75) is 44.9 Å². The van der Waals surface area contributed by atoms with Crippen LogP contribution in [0.3, 0.4) is 0 Å². The molecule has 1 atom stereocenters. The smallest absolute Gasteiger partial charge is 0.310 e. The average Bonchev–Trinajstić information content (AvgIpc) is 2.73. The number of esters is 1. The average molecular weight is 468 g/mol. The topological polar surface area (TPSA) is 113 Å². The van der Waals surface area contributed by atoms with Crippen LogP contribution in [0.2, 0.25) is 0 Å². The number of aryl methyl sites for hydroxylation is 2. The van der Waals surface area contributed by atoms with Gasteiger partial charge in [-0.15, -0.1) is 0 Å². The minimum absolute atomic E-state index is 0.0678. The van der Waals surface area contributed by atoms with Gasteiger partial charge in [-0.3, -0.25) is 14.4 Å². The van der Waals surface area contributed by atoms with E-state index >= 15 is 0 Å². The van der Waals surface area contributed by atoms with Gasteiger partial charge >= 0.3 is 5.97 Å². The van der Waals surface area contributed by atoms with Crippen LogP contribution in [0.25, 0.3) is 0 Å². The number of hydrogen-bond donors (Lipinski definition) is 1. The second-order valence-electron chi connectivity index (χ2n) is 8.10. The molecule has 1 aliphatic heterocycles. The Morgan fingerprint density at radius 3 is 2.62 bits per heavy atom. The molecule has 0 spiro atoms. The maximum Gasteiger partial charge on any atom is 0.310 e. The van der Waals surface area contributed by atoms with Gasteiger partial charge in [0.05, 0.1) is 24.0 Å². The molecule has 1 aromatic carbocycles. The summed E-state index contributed by atoms with van der Waals surface area (Å²) < 4.78 is 32.5. The summed E-state index contributed by atoms with van der Waals surface area (Å²) in [6.45, 7) is 6.27. The van der Waals surface area contributed by atoms with E-state index in [2.05, 4.69) is 4.72 Å². The van der Waals surface area contributed by atoms with Crippen molar-refractivity contribution in [1.82, 2.24) is 14.5 Å². The zero-order valence-electron chi connectivity index (χ0n) is 19.2. The number of carbonyl (C=O) groups is 3. The van der Waals surface area contributed by atoms with Gasteiger partial charge in [-0.05, 0) is 45.2 Å². The van der Waals surface area contributed by atoms with Crippen molar-refractivity contribution >= 4 is 27.8 Å². The van der Waals surface area contributed by atoms with E-state index < -0.39 is 10.0 Å². The predicted octanol–water partition coefficient (Wildman–Crippen LogP) is 1.23. The highest BCUT2D eigenvalue weighted by molar-refractivity contribution is 7.89. The Morgan fingerprint density at radius 2 is 1.97 bits per heavy atom. The standard InChI is InChI=1S/C22H33N3O6S/c1-5-31-22(28)18-7-6-12-25(14-18)21(27)15-24(4)20(26)10-11-23-32(29,30)19-9-8-16(2)13-17(19)3/h8-9,13,18,23H,5-7,10-12,14-15H2,1-4H3. The Labute approximate surface area is 190 Å². The van der Waals surface area contributed by atoms with Gasteiger partial charge in [-0.25, -0.2) is 13.1 Å². The van der Waals surface area contributed by atoms with E-state index in [0.29, 0.717) is 31.6 Å². The van der Waals surface area contributed by atoms with Crippen molar-refractivity contribution in [2.24, 2.45) is 5.92 Å². The summed E-state index contributed by atoms with van der Waals surface area (Å²) in [4.78, 5) is 40.0. The summed E-state index contributed by atoms with van der Waals surface area (Å²) in [5.74, 6) is -1.23. The first kappa shape index (κ1) is 25.8. The van der Waals surface area contributed by atoms with E-state index in [4.69, 9.17) is 4.74 Å². The van der Waals surface area contributed by atoms with Gasteiger partial charge in [0.1, 0.15) is 0 Å². The number of benzene rings is 1. The van der Waals surface area contributed by atoms with E-state index in [1.54, 1.807) is 36.9 Å². The van der Waals surface area contributed by atoms with E-state index in [-0.39, 0.29) is 54.7 Å². The summed E-state index contributed by atoms with van der Waals surface area (Å²) in [5.41, 5.74) is 1.60. The van der Waals surface area contributed by atoms with Crippen LogP contribution in [-0.2, 0) is 29.1 Å². The Hall–Kier alpha value is -2.46. The van der Waals surface area contributed by atoms with Crippen LogP contribution in [0.15, 0.2) is 23.1 Å². The Morgan fingerprint density at radius 1 is 1.25 bits per heavy atom. The summed E-state index contributed by atoms with van der Waals surface area (Å²) in [7, 11) is -2.22. The van der Waals surface area contributed by atoms with E-state index in [1.807, 2.05) is 6.92 Å². The number of hydrogen-bond acceptors (Lipinski definition) is 6. The molecule has 1 heterocycles. The summed E-state index contributed by atoms with van der Waals surface area (Å²) in [5, 5.41) is 0. The van der Waals surface area contributed by atoms with Gasteiger partial charge in [-0.1, -0.05) is 17.7 Å². The van der Waals surface area contributed by atoms with Crippen molar-refractivity contribution < 1.29 is 27.5 Å². The zero-order chi connectivity index (χ0) is 23.9. The Kier molecular flexibility index (Phi) is 9.21. The Bertz CT molecular complexity index is 947. The molecule has 1 saturated heterocycles. The molecule has 32 heavy (non-hydrogen) atoms. The van der Waals surface area contributed by atoms with Crippen LogP contribution in [0, 0.1) is 19.8 Å². The molecule has 0 bridgehead atoms. The van der Waals surface area contributed by atoms with E-state index in [9.17, 15) is 22.8 Å². The van der Waals surface area contributed by atoms with Crippen LogP contribution >= 0.6 is 0 Å². The lowest BCUT2D eigenvalue weighted by Gasteiger charge is -2.32. The third-order valence-corrected chi connectivity index (χ3v) is 7.06. The first-order valence-electron chi connectivity index (χ1n) is 10.8. The maximum atomic E-state index is 12.6. The van der Waals surface area contributed by atoms with Gasteiger partial charge in [0.2, 0.25) is 21.8 Å². The molecule has 1 aliphatic rings. The lowest BCUT2D eigenvalue weighted by atomic mass is 9.98. The normalized spacial score (nSPS) is 16.5. The molecular weight excluding hydrogens is 434 g/mol. The first-order valence-corrected chi connectivity index (χ1v) is 12.3. The minimum atomic E-state index is -3.73. The van der Waals surface area contributed by atoms with Crippen molar-refractivity contribution in [1.29, 1.82) is 0 Å². The molecular formula is C22H33N3O6S. The molecule has 1 aromatic rings. The number of rotatable bonds is 9. The number of likely N-dealkylation sites (N-methyl/N-ethyl adjacent to an activating group) is 1. The SMILES string of the molecule is CCOC(=O)C1CCCN(C(=O)CN(C)C(=O)CCNS(=O)(=O)c2ccc(C)cc2C)C1. The van der Waals surface area contributed by atoms with Crippen LogP contribution in [0.4, 0.5) is 0 Å². The largest absolute Gasteiger partial charge is 0.466 e. The monoisotopic (exact) mass is 467 g/mol. The number of amides is 2. The predicted molar refractivity (Wildman–Crippen MR) is 119 cm³/mol. The molecule has 2 amide bonds. The summed E-state index contributed by atoms with van der Waals surface area (Å²) >= 11 is 0.